The lowest BCUT2D eigenvalue weighted by Gasteiger charge is -2.07. The van der Waals surface area contributed by atoms with Crippen LogP contribution in [-0.4, -0.2) is 18.2 Å². The molecule has 0 radical (unpaired) electrons. The predicted octanol–water partition coefficient (Wildman–Crippen LogP) is 4.19. The molecule has 2 aromatic rings. The average molecular weight is 295 g/mol. The molecular weight excluding hydrogens is 280 g/mol. The number of hydrogen-bond donors (Lipinski definition) is 1. The molecule has 0 spiro atoms. The summed E-state index contributed by atoms with van der Waals surface area (Å²) in [5.74, 6) is 0.851. The zero-order chi connectivity index (χ0) is 14.7. The van der Waals surface area contributed by atoms with Gasteiger partial charge in [0.15, 0.2) is 0 Å². The molecule has 0 amide bonds. The quantitative estimate of drug-likeness (QED) is 0.898. The van der Waals surface area contributed by atoms with E-state index in [2.05, 4.69) is 0 Å². The van der Waals surface area contributed by atoms with Crippen LogP contribution < -0.4 is 4.74 Å². The summed E-state index contributed by atoms with van der Waals surface area (Å²) in [6, 6.07) is 8.83. The molecule has 1 unspecified atom stereocenters. The first-order valence-corrected chi connectivity index (χ1v) is 6.54. The van der Waals surface area contributed by atoms with Crippen molar-refractivity contribution in [2.45, 2.75) is 19.3 Å². The van der Waals surface area contributed by atoms with Crippen LogP contribution in [0.2, 0.25) is 5.02 Å². The van der Waals surface area contributed by atoms with Gasteiger partial charge in [-0.2, -0.15) is 0 Å². The zero-order valence-corrected chi connectivity index (χ0v) is 12.0. The first kappa shape index (κ1) is 14.5. The van der Waals surface area contributed by atoms with Gasteiger partial charge in [0.25, 0.3) is 0 Å². The minimum absolute atomic E-state index is 0.0274. The molecular formula is C15H15ClO4. The van der Waals surface area contributed by atoms with Gasteiger partial charge in [0.1, 0.15) is 17.3 Å². The van der Waals surface area contributed by atoms with E-state index >= 15 is 0 Å². The lowest BCUT2D eigenvalue weighted by atomic mass is 10.1. The van der Waals surface area contributed by atoms with Crippen molar-refractivity contribution in [2.24, 2.45) is 0 Å². The van der Waals surface area contributed by atoms with E-state index in [4.69, 9.17) is 25.9 Å². The summed E-state index contributed by atoms with van der Waals surface area (Å²) in [4.78, 5) is 10.7. The van der Waals surface area contributed by atoms with Crippen molar-refractivity contribution in [3.63, 3.8) is 0 Å². The van der Waals surface area contributed by atoms with E-state index in [1.54, 1.807) is 37.4 Å². The predicted molar refractivity (Wildman–Crippen MR) is 76.4 cm³/mol. The van der Waals surface area contributed by atoms with Gasteiger partial charge in [-0.1, -0.05) is 18.5 Å². The highest BCUT2D eigenvalue weighted by Crippen LogP contribution is 2.35. The SMILES string of the molecule is COc1ccc(Cl)cc1-c1ccc(C(C)CC(=O)O)o1. The van der Waals surface area contributed by atoms with E-state index in [9.17, 15) is 4.79 Å². The molecule has 1 aromatic heterocycles. The molecule has 20 heavy (non-hydrogen) atoms. The fraction of sp³-hybridized carbons (Fsp3) is 0.267. The third kappa shape index (κ3) is 3.14. The van der Waals surface area contributed by atoms with E-state index in [0.717, 1.165) is 5.56 Å². The van der Waals surface area contributed by atoms with E-state index in [1.807, 2.05) is 6.92 Å². The van der Waals surface area contributed by atoms with Gasteiger partial charge in [0.2, 0.25) is 0 Å². The highest BCUT2D eigenvalue weighted by atomic mass is 35.5. The number of furan rings is 1. The van der Waals surface area contributed by atoms with Crippen molar-refractivity contribution in [3.8, 4) is 17.1 Å². The molecule has 1 aromatic carbocycles. The van der Waals surface area contributed by atoms with Crippen molar-refractivity contribution in [1.82, 2.24) is 0 Å². The number of rotatable bonds is 5. The molecule has 0 aliphatic rings. The van der Waals surface area contributed by atoms with Gasteiger partial charge in [-0.15, -0.1) is 0 Å². The van der Waals surface area contributed by atoms with Crippen LogP contribution in [0, 0.1) is 0 Å². The Bertz CT molecular complexity index is 618. The number of carboxylic acids is 1. The van der Waals surface area contributed by atoms with E-state index in [0.29, 0.717) is 22.3 Å². The molecule has 0 saturated carbocycles. The first-order valence-electron chi connectivity index (χ1n) is 6.16. The highest BCUT2D eigenvalue weighted by molar-refractivity contribution is 6.30. The topological polar surface area (TPSA) is 59.7 Å². The number of carbonyl (C=O) groups is 1. The molecule has 0 aliphatic carbocycles. The van der Waals surface area contributed by atoms with Crippen molar-refractivity contribution >= 4 is 17.6 Å². The van der Waals surface area contributed by atoms with Gasteiger partial charge < -0.3 is 14.3 Å². The number of halogens is 1. The Kier molecular flexibility index (Phi) is 4.35. The van der Waals surface area contributed by atoms with E-state index in [1.165, 1.54) is 0 Å². The minimum Gasteiger partial charge on any atom is -0.496 e. The van der Waals surface area contributed by atoms with Crippen LogP contribution in [0.25, 0.3) is 11.3 Å². The third-order valence-electron chi connectivity index (χ3n) is 3.02. The fourth-order valence-corrected chi connectivity index (χ4v) is 2.17. The van der Waals surface area contributed by atoms with Crippen molar-refractivity contribution in [3.05, 3.63) is 41.1 Å². The third-order valence-corrected chi connectivity index (χ3v) is 3.26. The second-order valence-corrected chi connectivity index (χ2v) is 4.98. The molecule has 1 atom stereocenters. The summed E-state index contributed by atoms with van der Waals surface area (Å²) < 4.78 is 11.0. The van der Waals surface area contributed by atoms with Crippen LogP contribution in [-0.2, 0) is 4.79 Å². The summed E-state index contributed by atoms with van der Waals surface area (Å²) in [5, 5.41) is 9.39. The second-order valence-electron chi connectivity index (χ2n) is 4.55. The van der Waals surface area contributed by atoms with Gasteiger partial charge in [0, 0.05) is 10.9 Å². The van der Waals surface area contributed by atoms with Crippen LogP contribution in [0.3, 0.4) is 0 Å². The van der Waals surface area contributed by atoms with Crippen LogP contribution in [0.5, 0.6) is 5.75 Å². The van der Waals surface area contributed by atoms with Crippen LogP contribution in [0.4, 0.5) is 0 Å². The monoisotopic (exact) mass is 294 g/mol. The standard InChI is InChI=1S/C15H15ClO4/c1-9(7-15(17)18)12-5-6-14(20-12)11-8-10(16)3-4-13(11)19-2/h3-6,8-9H,7H2,1-2H3,(H,17,18). The molecule has 0 saturated heterocycles. The minimum atomic E-state index is -0.851. The van der Waals surface area contributed by atoms with Crippen molar-refractivity contribution in [2.75, 3.05) is 7.11 Å². The number of hydrogen-bond acceptors (Lipinski definition) is 3. The Morgan fingerprint density at radius 1 is 1.40 bits per heavy atom. The number of methoxy groups -OCH3 is 1. The highest BCUT2D eigenvalue weighted by Gasteiger charge is 2.16. The van der Waals surface area contributed by atoms with Crippen LogP contribution in [0.1, 0.15) is 25.0 Å². The summed E-state index contributed by atoms with van der Waals surface area (Å²) in [6.07, 6.45) is 0.0274. The Balaban J connectivity index is 2.33. The Labute approximate surface area is 121 Å². The maximum Gasteiger partial charge on any atom is 0.304 e. The maximum atomic E-state index is 10.7. The summed E-state index contributed by atoms with van der Waals surface area (Å²) in [6.45, 7) is 1.81. The maximum absolute atomic E-state index is 10.7. The number of carboxylic acid groups (broad SMARTS) is 1. The Morgan fingerprint density at radius 3 is 2.80 bits per heavy atom. The summed E-state index contributed by atoms with van der Waals surface area (Å²) >= 11 is 5.99. The van der Waals surface area contributed by atoms with Gasteiger partial charge in [-0.05, 0) is 30.3 Å². The summed E-state index contributed by atoms with van der Waals surface area (Å²) in [7, 11) is 1.57. The Hall–Kier alpha value is -1.94. The van der Waals surface area contributed by atoms with Crippen LogP contribution >= 0.6 is 11.6 Å². The van der Waals surface area contributed by atoms with Gasteiger partial charge in [-0.3, -0.25) is 4.79 Å². The largest absolute Gasteiger partial charge is 0.496 e. The normalized spacial score (nSPS) is 12.2. The lowest BCUT2D eigenvalue weighted by molar-refractivity contribution is -0.137. The van der Waals surface area contributed by atoms with Crippen molar-refractivity contribution in [1.29, 1.82) is 0 Å². The average Bonchev–Trinajstić information content (AvgIpc) is 2.87. The van der Waals surface area contributed by atoms with E-state index in [-0.39, 0.29) is 12.3 Å². The molecule has 5 heteroatoms. The Morgan fingerprint density at radius 2 is 2.15 bits per heavy atom. The molecule has 1 heterocycles. The number of aliphatic carboxylic acids is 1. The zero-order valence-electron chi connectivity index (χ0n) is 11.2. The number of benzene rings is 1. The lowest BCUT2D eigenvalue weighted by Crippen LogP contribution is -2.01. The molecule has 4 nitrogen and oxygen atoms in total. The molecule has 106 valence electrons. The molecule has 0 bridgehead atoms. The summed E-state index contributed by atoms with van der Waals surface area (Å²) in [5.41, 5.74) is 0.744. The molecule has 0 fully saturated rings. The number of ether oxygens (including phenoxy) is 1. The molecule has 0 aliphatic heterocycles. The van der Waals surface area contributed by atoms with Crippen molar-refractivity contribution < 1.29 is 19.1 Å². The van der Waals surface area contributed by atoms with Gasteiger partial charge in [0.05, 0.1) is 19.1 Å². The second kappa shape index (κ2) is 6.01. The first-order chi connectivity index (χ1) is 9.51. The molecule has 2 rings (SSSR count). The smallest absolute Gasteiger partial charge is 0.304 e. The van der Waals surface area contributed by atoms with E-state index < -0.39 is 5.97 Å². The molecule has 1 N–H and O–H groups in total. The fourth-order valence-electron chi connectivity index (χ4n) is 2.00. The van der Waals surface area contributed by atoms with Gasteiger partial charge >= 0.3 is 5.97 Å². The van der Waals surface area contributed by atoms with Gasteiger partial charge in [-0.25, -0.2) is 0 Å². The van der Waals surface area contributed by atoms with Crippen LogP contribution in [0.15, 0.2) is 34.7 Å².